The van der Waals surface area contributed by atoms with Crippen molar-refractivity contribution in [3.8, 4) is 0 Å². The molecule has 0 aliphatic carbocycles. The van der Waals surface area contributed by atoms with Gasteiger partial charge in [0, 0.05) is 19.3 Å². The minimum absolute atomic E-state index is 0.0372. The van der Waals surface area contributed by atoms with Gasteiger partial charge in [-0.3, -0.25) is 32.5 Å². The van der Waals surface area contributed by atoms with E-state index < -0.39 is 91.5 Å². The van der Waals surface area contributed by atoms with Gasteiger partial charge in [-0.25, -0.2) is 9.13 Å². The number of allylic oxidation sites excluding steroid dienone is 30. The summed E-state index contributed by atoms with van der Waals surface area (Å²) in [6.45, 7) is 2.23. The van der Waals surface area contributed by atoms with Crippen LogP contribution in [0.5, 0.6) is 0 Å². The fourth-order valence-corrected chi connectivity index (χ4v) is 11.7. The lowest BCUT2D eigenvalue weighted by Crippen LogP contribution is -2.30. The van der Waals surface area contributed by atoms with Crippen LogP contribution in [0.4, 0.5) is 0 Å². The van der Waals surface area contributed by atoms with Crippen molar-refractivity contribution < 1.29 is 75.8 Å². The largest absolute Gasteiger partial charge is 0.472 e. The lowest BCUT2D eigenvalue weighted by Gasteiger charge is -2.21. The summed E-state index contributed by atoms with van der Waals surface area (Å²) in [5, 5.41) is 20.6. The van der Waals surface area contributed by atoms with Gasteiger partial charge >= 0.3 is 33.6 Å². The quantitative estimate of drug-likeness (QED) is 0.0146. The maximum Gasteiger partial charge on any atom is 0.472 e. The summed E-state index contributed by atoms with van der Waals surface area (Å²) >= 11 is 0. The second-order valence-electron chi connectivity index (χ2n) is 26.1. The lowest BCUT2D eigenvalue weighted by molar-refractivity contribution is -0.161. The number of aliphatic hydroxyl groups excluding tert-OH is 2. The van der Waals surface area contributed by atoms with E-state index in [2.05, 4.69) is 185 Å². The number of hydrogen-bond acceptors (Lipinski definition) is 14. The SMILES string of the molecule is CC/C=C\C/C=C\C/C=C\C/C=C\C/C=C\C/C=C\CCCCCCCCCCCCCCCCC(=O)OCC(O)COP(=O)(O)OCC(O)COP(=O)(O)OCC(COC(=O)CC/C=C\C/C=C\C/C=C\C/C=C\C/C=C\C/C=C\CC)OC(=O)CCCCCCCCC/C=C\C/C=C\C/C=C\CC. The van der Waals surface area contributed by atoms with Gasteiger partial charge in [0.25, 0.3) is 0 Å². The van der Waals surface area contributed by atoms with Gasteiger partial charge in [-0.15, -0.1) is 0 Å². The maximum absolute atomic E-state index is 13.0. The summed E-state index contributed by atoms with van der Waals surface area (Å²) in [6.07, 6.45) is 101. The summed E-state index contributed by atoms with van der Waals surface area (Å²) in [5.74, 6) is -1.69. The monoisotopic (exact) mass is 1500 g/mol. The number of hydrogen-bond donors (Lipinski definition) is 4. The second-order valence-corrected chi connectivity index (χ2v) is 29.0. The highest BCUT2D eigenvalue weighted by atomic mass is 31.2. The fourth-order valence-electron chi connectivity index (χ4n) is 10.1. The summed E-state index contributed by atoms with van der Waals surface area (Å²) in [6, 6.07) is 0. The van der Waals surface area contributed by atoms with Crippen molar-refractivity contribution in [2.45, 2.75) is 309 Å². The highest BCUT2D eigenvalue weighted by molar-refractivity contribution is 7.47. The molecule has 0 radical (unpaired) electrons. The van der Waals surface area contributed by atoms with Crippen molar-refractivity contribution in [3.63, 3.8) is 0 Å². The number of esters is 3. The predicted molar refractivity (Wildman–Crippen MR) is 435 cm³/mol. The van der Waals surface area contributed by atoms with Crippen molar-refractivity contribution in [1.29, 1.82) is 0 Å². The molecule has 596 valence electrons. The highest BCUT2D eigenvalue weighted by Gasteiger charge is 2.29. The highest BCUT2D eigenvalue weighted by Crippen LogP contribution is 2.45. The molecule has 16 nitrogen and oxygen atoms in total. The molecule has 105 heavy (non-hydrogen) atoms. The zero-order chi connectivity index (χ0) is 76.6. The van der Waals surface area contributed by atoms with Gasteiger partial charge in [0.05, 0.1) is 26.4 Å². The molecule has 0 saturated heterocycles. The van der Waals surface area contributed by atoms with E-state index in [-0.39, 0.29) is 19.3 Å². The molecule has 0 aromatic carbocycles. The molecule has 0 heterocycles. The maximum atomic E-state index is 13.0. The van der Waals surface area contributed by atoms with E-state index >= 15 is 0 Å². The molecule has 0 aliphatic heterocycles. The standard InChI is InChI=1S/C87H142O16P2/c1-4-7-10-13-16-19-22-25-28-31-33-34-35-36-37-38-39-40-41-42-43-44-45-46-48-51-52-55-58-61-64-67-70-73-85(90)97-76-82(88)77-99-104(93,94)100-78-83(89)79-101-105(95,96)102-81-84(103-87(92)75-72-69-66-63-60-57-54-49-30-27-24-21-18-15-12-9-6-3)80-98-86(91)74-71-68-65-62-59-56-53-50-47-32-29-26-23-20-17-14-11-8-5-2/h7-12,16-21,25-30,33-34,36-37,39-40,47,50,56,59,65,68,82-84,88-89H,4-6,13-15,22-24,31-32,35,38,41-46,48-49,51-55,57-58,60-64,66-67,69-81H2,1-3H3,(H,93,94)(H,95,96)/b10-7-,11-8-,12-9-,19-16-,20-17-,21-18-,28-25-,29-26-,30-27-,34-33-,37-36-,40-39-,50-47-,59-56-,68-65-. The average molecular weight is 1510 g/mol. The van der Waals surface area contributed by atoms with Gasteiger partial charge in [0.2, 0.25) is 0 Å². The Balaban J connectivity index is 4.55. The summed E-state index contributed by atoms with van der Waals surface area (Å²) in [4.78, 5) is 58.6. The second kappa shape index (κ2) is 78.2. The third-order valence-corrected chi connectivity index (χ3v) is 18.0. The Morgan fingerprint density at radius 1 is 0.267 bits per heavy atom. The average Bonchev–Trinajstić information content (AvgIpc) is 0.911. The molecule has 0 aromatic heterocycles. The van der Waals surface area contributed by atoms with E-state index in [1.165, 1.54) is 64.2 Å². The van der Waals surface area contributed by atoms with Crippen LogP contribution in [0.1, 0.15) is 290 Å². The van der Waals surface area contributed by atoms with E-state index in [4.69, 9.17) is 32.3 Å². The molecule has 0 rings (SSSR count). The molecule has 0 spiro atoms. The van der Waals surface area contributed by atoms with Crippen LogP contribution in [0, 0.1) is 0 Å². The third-order valence-electron chi connectivity index (χ3n) is 16.1. The minimum atomic E-state index is -4.96. The molecule has 18 heteroatoms. The van der Waals surface area contributed by atoms with Crippen LogP contribution in [-0.2, 0) is 55.8 Å². The Morgan fingerprint density at radius 3 is 0.810 bits per heavy atom. The van der Waals surface area contributed by atoms with Gasteiger partial charge in [-0.1, -0.05) is 312 Å². The Morgan fingerprint density at radius 2 is 0.495 bits per heavy atom. The van der Waals surface area contributed by atoms with Crippen molar-refractivity contribution in [2.75, 3.05) is 39.6 Å². The van der Waals surface area contributed by atoms with Gasteiger partial charge in [0.1, 0.15) is 25.4 Å². The number of phosphoric ester groups is 2. The predicted octanol–water partition coefficient (Wildman–Crippen LogP) is 23.8. The van der Waals surface area contributed by atoms with Crippen molar-refractivity contribution >= 4 is 33.6 Å². The summed E-state index contributed by atoms with van der Waals surface area (Å²) in [7, 11) is -9.83. The van der Waals surface area contributed by atoms with E-state index in [1.54, 1.807) is 0 Å². The van der Waals surface area contributed by atoms with E-state index in [0.29, 0.717) is 25.7 Å². The zero-order valence-corrected chi connectivity index (χ0v) is 66.9. The van der Waals surface area contributed by atoms with E-state index in [0.717, 1.165) is 161 Å². The topological polar surface area (TPSA) is 231 Å². The lowest BCUT2D eigenvalue weighted by atomic mass is 10.0. The first-order chi connectivity index (χ1) is 51.2. The Bertz CT molecular complexity index is 2640. The van der Waals surface area contributed by atoms with E-state index in [9.17, 15) is 43.5 Å². The number of ether oxygens (including phenoxy) is 3. The van der Waals surface area contributed by atoms with Crippen LogP contribution in [0.2, 0.25) is 0 Å². The number of aliphatic hydroxyl groups is 2. The smallest absolute Gasteiger partial charge is 0.463 e. The first kappa shape index (κ1) is 99.7. The number of carbonyl (C=O) groups excluding carboxylic acids is 3. The van der Waals surface area contributed by atoms with Gasteiger partial charge in [-0.05, 0) is 141 Å². The molecule has 5 atom stereocenters. The van der Waals surface area contributed by atoms with Gasteiger partial charge < -0.3 is 34.2 Å². The number of phosphoric acid groups is 2. The molecular weight excluding hydrogens is 1360 g/mol. The van der Waals surface area contributed by atoms with E-state index in [1.807, 2.05) is 18.2 Å². The van der Waals surface area contributed by atoms with Crippen LogP contribution < -0.4 is 0 Å². The Labute approximate surface area is 636 Å². The van der Waals surface area contributed by atoms with Crippen LogP contribution in [-0.4, -0.2) is 95.9 Å². The van der Waals surface area contributed by atoms with Crippen LogP contribution in [0.3, 0.4) is 0 Å². The zero-order valence-electron chi connectivity index (χ0n) is 65.1. The number of carbonyl (C=O) groups is 3. The fraction of sp³-hybridized carbons (Fsp3) is 0.621. The van der Waals surface area contributed by atoms with Crippen LogP contribution in [0.15, 0.2) is 182 Å². The van der Waals surface area contributed by atoms with Crippen LogP contribution >= 0.6 is 15.6 Å². The third kappa shape index (κ3) is 79.5. The van der Waals surface area contributed by atoms with Gasteiger partial charge in [0.15, 0.2) is 6.10 Å². The van der Waals surface area contributed by atoms with Crippen molar-refractivity contribution in [2.24, 2.45) is 0 Å². The molecule has 0 aromatic rings. The Hall–Kier alpha value is -5.35. The van der Waals surface area contributed by atoms with Crippen LogP contribution in [0.25, 0.3) is 0 Å². The molecule has 0 aliphatic rings. The summed E-state index contributed by atoms with van der Waals surface area (Å²) in [5.41, 5.74) is 0. The molecule has 4 N–H and O–H groups in total. The van der Waals surface area contributed by atoms with Gasteiger partial charge in [-0.2, -0.15) is 0 Å². The van der Waals surface area contributed by atoms with Crippen molar-refractivity contribution in [3.05, 3.63) is 182 Å². The van der Waals surface area contributed by atoms with Crippen molar-refractivity contribution in [1.82, 2.24) is 0 Å². The molecule has 0 fully saturated rings. The first-order valence-electron chi connectivity index (χ1n) is 40.1. The first-order valence-corrected chi connectivity index (χ1v) is 43.1. The molecular formula is C87H142O16P2. The number of rotatable bonds is 74. The normalized spacial score (nSPS) is 14.9. The molecule has 0 bridgehead atoms. The molecule has 5 unspecified atom stereocenters. The minimum Gasteiger partial charge on any atom is -0.463 e. The number of unbranched alkanes of at least 4 members (excludes halogenated alkanes) is 21. The Kier molecular flexibility index (Phi) is 74.3. The molecule has 0 amide bonds. The molecule has 0 saturated carbocycles. The summed E-state index contributed by atoms with van der Waals surface area (Å²) < 4.78 is 61.1.